The zero-order valence-electron chi connectivity index (χ0n) is 12.8. The monoisotopic (exact) mass is 314 g/mol. The van der Waals surface area contributed by atoms with E-state index in [2.05, 4.69) is 5.32 Å². The van der Waals surface area contributed by atoms with Crippen LogP contribution in [0.2, 0.25) is 0 Å². The van der Waals surface area contributed by atoms with E-state index in [1.54, 1.807) is 38.1 Å². The molecule has 0 fully saturated rings. The fourth-order valence-electron chi connectivity index (χ4n) is 1.87. The van der Waals surface area contributed by atoms with E-state index in [0.29, 0.717) is 18.0 Å². The smallest absolute Gasteiger partial charge is 0.239 e. The third-order valence-corrected chi connectivity index (χ3v) is 4.17. The van der Waals surface area contributed by atoms with Crippen molar-refractivity contribution < 1.29 is 17.9 Å². The predicted molar refractivity (Wildman–Crippen MR) is 82.9 cm³/mol. The molecular weight excluding hydrogens is 292 g/mol. The van der Waals surface area contributed by atoms with Crippen molar-refractivity contribution in [3.8, 4) is 5.75 Å². The van der Waals surface area contributed by atoms with Crippen LogP contribution >= 0.6 is 0 Å². The van der Waals surface area contributed by atoms with Gasteiger partial charge in [-0.3, -0.25) is 4.79 Å². The SMILES string of the molecule is CCOc1ccccc1NC(=O)CN(C(C)C)S(C)(=O)=O. The van der Waals surface area contributed by atoms with Crippen LogP contribution < -0.4 is 10.1 Å². The molecule has 0 radical (unpaired) electrons. The van der Waals surface area contributed by atoms with E-state index < -0.39 is 15.9 Å². The lowest BCUT2D eigenvalue weighted by molar-refractivity contribution is -0.116. The van der Waals surface area contributed by atoms with Crippen LogP contribution in [0.5, 0.6) is 5.75 Å². The number of carbonyl (C=O) groups is 1. The number of benzene rings is 1. The summed E-state index contributed by atoms with van der Waals surface area (Å²) in [7, 11) is -3.43. The van der Waals surface area contributed by atoms with Gasteiger partial charge < -0.3 is 10.1 Å². The number of hydrogen-bond donors (Lipinski definition) is 1. The summed E-state index contributed by atoms with van der Waals surface area (Å²) in [6.45, 7) is 5.55. The number of anilines is 1. The molecule has 0 unspecified atom stereocenters. The van der Waals surface area contributed by atoms with Crippen LogP contribution in [0.25, 0.3) is 0 Å². The number of para-hydroxylation sites is 2. The van der Waals surface area contributed by atoms with Gasteiger partial charge in [0, 0.05) is 6.04 Å². The first kappa shape index (κ1) is 17.5. The quantitative estimate of drug-likeness (QED) is 0.831. The molecule has 21 heavy (non-hydrogen) atoms. The number of hydrogen-bond acceptors (Lipinski definition) is 4. The molecule has 0 atom stereocenters. The van der Waals surface area contributed by atoms with Gasteiger partial charge >= 0.3 is 0 Å². The van der Waals surface area contributed by atoms with Gasteiger partial charge in [-0.25, -0.2) is 8.42 Å². The van der Waals surface area contributed by atoms with Crippen molar-refractivity contribution in [3.63, 3.8) is 0 Å². The lowest BCUT2D eigenvalue weighted by Gasteiger charge is -2.23. The highest BCUT2D eigenvalue weighted by Gasteiger charge is 2.23. The van der Waals surface area contributed by atoms with Gasteiger partial charge in [0.05, 0.1) is 25.1 Å². The second kappa shape index (κ2) is 7.42. The van der Waals surface area contributed by atoms with Crippen molar-refractivity contribution >= 4 is 21.6 Å². The Balaban J connectivity index is 2.82. The molecule has 1 aromatic carbocycles. The third-order valence-electron chi connectivity index (χ3n) is 2.76. The van der Waals surface area contributed by atoms with E-state index >= 15 is 0 Å². The summed E-state index contributed by atoms with van der Waals surface area (Å²) in [4.78, 5) is 12.1. The lowest BCUT2D eigenvalue weighted by atomic mass is 10.3. The summed E-state index contributed by atoms with van der Waals surface area (Å²) in [5.41, 5.74) is 0.529. The zero-order chi connectivity index (χ0) is 16.0. The van der Waals surface area contributed by atoms with Gasteiger partial charge in [0.1, 0.15) is 5.75 Å². The molecule has 0 spiro atoms. The first-order valence-corrected chi connectivity index (χ1v) is 8.59. The number of nitrogens with one attached hydrogen (secondary N) is 1. The molecule has 0 saturated carbocycles. The maximum Gasteiger partial charge on any atom is 0.239 e. The summed E-state index contributed by atoms with van der Waals surface area (Å²) in [6.07, 6.45) is 1.09. The number of amides is 1. The summed E-state index contributed by atoms with van der Waals surface area (Å²) < 4.78 is 29.9. The highest BCUT2D eigenvalue weighted by Crippen LogP contribution is 2.23. The molecule has 1 N–H and O–H groups in total. The Morgan fingerprint density at radius 3 is 2.48 bits per heavy atom. The Hall–Kier alpha value is -1.60. The average Bonchev–Trinajstić information content (AvgIpc) is 2.37. The van der Waals surface area contributed by atoms with E-state index in [1.165, 1.54) is 0 Å². The minimum absolute atomic E-state index is 0.225. The van der Waals surface area contributed by atoms with Gasteiger partial charge in [0.2, 0.25) is 15.9 Å². The molecule has 1 amide bonds. The van der Waals surface area contributed by atoms with Crippen molar-refractivity contribution in [2.24, 2.45) is 0 Å². The Labute approximate surface area is 126 Å². The molecule has 0 aliphatic carbocycles. The molecule has 0 aromatic heterocycles. The van der Waals surface area contributed by atoms with Crippen molar-refractivity contribution in [2.75, 3.05) is 24.7 Å². The highest BCUT2D eigenvalue weighted by molar-refractivity contribution is 7.88. The van der Waals surface area contributed by atoms with E-state index in [9.17, 15) is 13.2 Å². The first-order chi connectivity index (χ1) is 9.75. The topological polar surface area (TPSA) is 75.7 Å². The van der Waals surface area contributed by atoms with Crippen molar-refractivity contribution in [1.29, 1.82) is 0 Å². The maximum atomic E-state index is 12.1. The average molecular weight is 314 g/mol. The van der Waals surface area contributed by atoms with E-state index in [-0.39, 0.29) is 12.6 Å². The number of carbonyl (C=O) groups excluding carboxylic acids is 1. The second-order valence-corrected chi connectivity index (χ2v) is 6.81. The fraction of sp³-hybridized carbons (Fsp3) is 0.500. The summed E-state index contributed by atoms with van der Waals surface area (Å²) in [5, 5.41) is 2.68. The Morgan fingerprint density at radius 2 is 1.95 bits per heavy atom. The van der Waals surface area contributed by atoms with Crippen LogP contribution in [0.3, 0.4) is 0 Å². The van der Waals surface area contributed by atoms with E-state index in [0.717, 1.165) is 10.6 Å². The van der Waals surface area contributed by atoms with Gasteiger partial charge in [0.25, 0.3) is 0 Å². The molecule has 6 nitrogen and oxygen atoms in total. The van der Waals surface area contributed by atoms with Crippen LogP contribution in [-0.4, -0.2) is 44.1 Å². The fourth-order valence-corrected chi connectivity index (χ4v) is 2.98. The molecular formula is C14H22N2O4S. The van der Waals surface area contributed by atoms with Crippen LogP contribution in [-0.2, 0) is 14.8 Å². The molecule has 0 bridgehead atoms. The van der Waals surface area contributed by atoms with Crippen LogP contribution in [0, 0.1) is 0 Å². The lowest BCUT2D eigenvalue weighted by Crippen LogP contribution is -2.41. The van der Waals surface area contributed by atoms with E-state index in [1.807, 2.05) is 6.92 Å². The van der Waals surface area contributed by atoms with Crippen LogP contribution in [0.4, 0.5) is 5.69 Å². The first-order valence-electron chi connectivity index (χ1n) is 6.74. The molecule has 118 valence electrons. The number of rotatable bonds is 7. The minimum atomic E-state index is -3.43. The molecule has 0 aliphatic rings. The number of sulfonamides is 1. The highest BCUT2D eigenvalue weighted by atomic mass is 32.2. The summed E-state index contributed by atoms with van der Waals surface area (Å²) in [5.74, 6) is 0.157. The molecule has 0 aliphatic heterocycles. The largest absolute Gasteiger partial charge is 0.492 e. The van der Waals surface area contributed by atoms with Gasteiger partial charge in [-0.2, -0.15) is 4.31 Å². The van der Waals surface area contributed by atoms with Crippen LogP contribution in [0.1, 0.15) is 20.8 Å². The third kappa shape index (κ3) is 5.35. The Bertz CT molecular complexity index is 584. The zero-order valence-corrected chi connectivity index (χ0v) is 13.6. The standard InChI is InChI=1S/C14H22N2O4S/c1-5-20-13-9-7-6-8-12(13)15-14(17)10-16(11(2)3)21(4,18)19/h6-9,11H,5,10H2,1-4H3,(H,15,17). The van der Waals surface area contributed by atoms with Crippen molar-refractivity contribution in [1.82, 2.24) is 4.31 Å². The van der Waals surface area contributed by atoms with Crippen LogP contribution in [0.15, 0.2) is 24.3 Å². The minimum Gasteiger partial charge on any atom is -0.492 e. The van der Waals surface area contributed by atoms with E-state index in [4.69, 9.17) is 4.74 Å². The van der Waals surface area contributed by atoms with Crippen molar-refractivity contribution in [3.05, 3.63) is 24.3 Å². The summed E-state index contributed by atoms with van der Waals surface area (Å²) >= 11 is 0. The van der Waals surface area contributed by atoms with Crippen molar-refractivity contribution in [2.45, 2.75) is 26.8 Å². The molecule has 0 heterocycles. The maximum absolute atomic E-state index is 12.1. The van der Waals surface area contributed by atoms with Gasteiger partial charge in [0.15, 0.2) is 0 Å². The molecule has 1 rings (SSSR count). The second-order valence-electron chi connectivity index (χ2n) is 4.88. The summed E-state index contributed by atoms with van der Waals surface area (Å²) in [6, 6.07) is 6.75. The van der Waals surface area contributed by atoms with Gasteiger partial charge in [-0.1, -0.05) is 12.1 Å². The number of ether oxygens (including phenoxy) is 1. The molecule has 7 heteroatoms. The molecule has 1 aromatic rings. The number of nitrogens with zero attached hydrogens (tertiary/aromatic N) is 1. The normalized spacial score (nSPS) is 11.7. The Kier molecular flexibility index (Phi) is 6.17. The van der Waals surface area contributed by atoms with Gasteiger partial charge in [-0.05, 0) is 32.9 Å². The molecule has 0 saturated heterocycles. The van der Waals surface area contributed by atoms with Gasteiger partial charge in [-0.15, -0.1) is 0 Å². The Morgan fingerprint density at radius 1 is 1.33 bits per heavy atom. The predicted octanol–water partition coefficient (Wildman–Crippen LogP) is 1.69.